The summed E-state index contributed by atoms with van der Waals surface area (Å²) in [7, 11) is 1.53. The molecular weight excluding hydrogens is 388 g/mol. The van der Waals surface area contributed by atoms with E-state index in [2.05, 4.69) is 26.5 Å². The molecule has 0 aliphatic rings. The number of benzene rings is 2. The number of hydrogen-bond donors (Lipinski definition) is 1. The number of rotatable bonds is 8. The molecule has 0 aliphatic carbocycles. The number of nitrogens with zero attached hydrogens (tertiary/aromatic N) is 1. The maximum atomic E-state index is 11.4. The first-order chi connectivity index (χ1) is 12.1. The predicted molar refractivity (Wildman–Crippen MR) is 100 cm³/mol. The summed E-state index contributed by atoms with van der Waals surface area (Å²) in [4.78, 5) is 11.4. The van der Waals surface area contributed by atoms with Crippen LogP contribution in [0.5, 0.6) is 11.5 Å². The molecule has 0 spiro atoms. The highest BCUT2D eigenvalue weighted by molar-refractivity contribution is 9.10. The molecule has 25 heavy (non-hydrogen) atoms. The quantitative estimate of drug-likeness (QED) is 0.409. The number of carbonyl (C=O) groups is 1. The average Bonchev–Trinajstić information content (AvgIpc) is 2.61. The topological polar surface area (TPSA) is 69.2 Å². The number of hydrogen-bond acceptors (Lipinski definition) is 6. The molecule has 1 N–H and O–H groups in total. The number of nitrogens with one attached hydrogen (secondary N) is 1. The largest absolute Gasteiger partial charge is 0.493 e. The monoisotopic (exact) mass is 406 g/mol. The van der Waals surface area contributed by atoms with Crippen LogP contribution >= 0.6 is 15.9 Å². The van der Waals surface area contributed by atoms with Gasteiger partial charge in [0.2, 0.25) is 0 Å². The summed E-state index contributed by atoms with van der Waals surface area (Å²) >= 11 is 3.43. The van der Waals surface area contributed by atoms with Gasteiger partial charge in [-0.1, -0.05) is 18.2 Å². The Hall–Kier alpha value is -2.54. The summed E-state index contributed by atoms with van der Waals surface area (Å²) in [6.45, 7) is 1.86. The molecule has 6 nitrogen and oxygen atoms in total. The molecule has 0 saturated carbocycles. The van der Waals surface area contributed by atoms with E-state index in [1.165, 1.54) is 7.11 Å². The fourth-order valence-electron chi connectivity index (χ4n) is 1.98. The number of ether oxygens (including phenoxy) is 3. The molecule has 2 rings (SSSR count). The van der Waals surface area contributed by atoms with Crippen molar-refractivity contribution in [3.8, 4) is 11.5 Å². The summed E-state index contributed by atoms with van der Waals surface area (Å²) in [5.74, 6) is 0.484. The highest BCUT2D eigenvalue weighted by Crippen LogP contribution is 2.36. The maximum absolute atomic E-state index is 11.4. The van der Waals surface area contributed by atoms with Gasteiger partial charge in [0.1, 0.15) is 0 Å². The van der Waals surface area contributed by atoms with Gasteiger partial charge >= 0.3 is 5.97 Å². The van der Waals surface area contributed by atoms with Gasteiger partial charge in [0.15, 0.2) is 18.1 Å². The summed E-state index contributed by atoms with van der Waals surface area (Å²) < 4.78 is 16.3. The first-order valence-corrected chi connectivity index (χ1v) is 8.43. The minimum absolute atomic E-state index is 0.189. The number of para-hydroxylation sites is 1. The van der Waals surface area contributed by atoms with Crippen molar-refractivity contribution in [2.75, 3.05) is 25.7 Å². The lowest BCUT2D eigenvalue weighted by molar-refractivity contribution is -0.145. The van der Waals surface area contributed by atoms with Crippen molar-refractivity contribution in [3.05, 3.63) is 52.5 Å². The van der Waals surface area contributed by atoms with Crippen molar-refractivity contribution in [3.63, 3.8) is 0 Å². The second-order valence-electron chi connectivity index (χ2n) is 4.86. The number of hydrazone groups is 1. The van der Waals surface area contributed by atoms with Crippen molar-refractivity contribution in [2.45, 2.75) is 6.92 Å². The minimum Gasteiger partial charge on any atom is -0.493 e. The third-order valence-electron chi connectivity index (χ3n) is 3.07. The van der Waals surface area contributed by atoms with Crippen LogP contribution in [0.1, 0.15) is 12.5 Å². The summed E-state index contributed by atoms with van der Waals surface area (Å²) in [6.07, 6.45) is 1.66. The highest BCUT2D eigenvalue weighted by Gasteiger charge is 2.13. The van der Waals surface area contributed by atoms with Gasteiger partial charge in [0, 0.05) is 0 Å². The molecule has 0 aliphatic heterocycles. The molecule has 0 radical (unpaired) electrons. The normalized spacial score (nSPS) is 10.5. The molecule has 0 saturated heterocycles. The fraction of sp³-hybridized carbons (Fsp3) is 0.222. The van der Waals surface area contributed by atoms with E-state index in [9.17, 15) is 4.79 Å². The zero-order chi connectivity index (χ0) is 18.1. The molecule has 2 aromatic carbocycles. The lowest BCUT2D eigenvalue weighted by Crippen LogP contribution is -2.15. The van der Waals surface area contributed by atoms with Gasteiger partial charge in [-0.25, -0.2) is 4.79 Å². The van der Waals surface area contributed by atoms with E-state index in [-0.39, 0.29) is 6.61 Å². The number of esters is 1. The molecule has 0 amide bonds. The summed E-state index contributed by atoms with van der Waals surface area (Å²) in [5.41, 5.74) is 4.63. The van der Waals surface area contributed by atoms with Crippen LogP contribution in [0.3, 0.4) is 0 Å². The summed E-state index contributed by atoms with van der Waals surface area (Å²) in [5, 5.41) is 4.19. The molecule has 2 aromatic rings. The average molecular weight is 407 g/mol. The van der Waals surface area contributed by atoms with Crippen LogP contribution in [0.4, 0.5) is 5.69 Å². The van der Waals surface area contributed by atoms with Gasteiger partial charge in [-0.2, -0.15) is 5.10 Å². The first kappa shape index (κ1) is 18.8. The Kier molecular flexibility index (Phi) is 7.28. The molecule has 132 valence electrons. The second kappa shape index (κ2) is 9.68. The Balaban J connectivity index is 2.08. The third-order valence-corrected chi connectivity index (χ3v) is 3.66. The molecule has 0 heterocycles. The molecule has 0 fully saturated rings. The van der Waals surface area contributed by atoms with Gasteiger partial charge in [-0.3, -0.25) is 5.43 Å². The molecular formula is C18H19BrN2O4. The molecule has 7 heteroatoms. The third kappa shape index (κ3) is 5.79. The van der Waals surface area contributed by atoms with E-state index >= 15 is 0 Å². The molecule has 0 aromatic heterocycles. The standard InChI is InChI=1S/C18H19BrN2O4/c1-3-24-17(22)12-25-18-15(19)9-13(10-16(18)23-2)11-20-21-14-7-5-4-6-8-14/h4-11,21H,3,12H2,1-2H3. The Labute approximate surface area is 154 Å². The van der Waals surface area contributed by atoms with Crippen molar-refractivity contribution in [1.82, 2.24) is 0 Å². The number of carbonyl (C=O) groups excluding carboxylic acids is 1. The van der Waals surface area contributed by atoms with Crippen LogP contribution in [0.2, 0.25) is 0 Å². The zero-order valence-electron chi connectivity index (χ0n) is 14.0. The van der Waals surface area contributed by atoms with Crippen LogP contribution in [0.25, 0.3) is 0 Å². The van der Waals surface area contributed by atoms with Gasteiger partial charge in [-0.15, -0.1) is 0 Å². The van der Waals surface area contributed by atoms with Crippen molar-refractivity contribution >= 4 is 33.8 Å². The van der Waals surface area contributed by atoms with Crippen LogP contribution in [0.15, 0.2) is 52.0 Å². The van der Waals surface area contributed by atoms with E-state index in [4.69, 9.17) is 14.2 Å². The number of halogens is 1. The lowest BCUT2D eigenvalue weighted by Gasteiger charge is -2.13. The molecule has 0 unspecified atom stereocenters. The van der Waals surface area contributed by atoms with Crippen LogP contribution in [-0.2, 0) is 9.53 Å². The van der Waals surface area contributed by atoms with Crippen LogP contribution in [0, 0.1) is 0 Å². The smallest absolute Gasteiger partial charge is 0.344 e. The summed E-state index contributed by atoms with van der Waals surface area (Å²) in [6, 6.07) is 13.2. The molecule has 0 atom stereocenters. The Bertz CT molecular complexity index is 735. The SMILES string of the molecule is CCOC(=O)COc1c(Br)cc(C=NNc2ccccc2)cc1OC. The fourth-order valence-corrected chi connectivity index (χ4v) is 2.56. The Morgan fingerprint density at radius 2 is 2.04 bits per heavy atom. The Morgan fingerprint density at radius 3 is 2.72 bits per heavy atom. The maximum Gasteiger partial charge on any atom is 0.344 e. The van der Waals surface area contributed by atoms with Crippen molar-refractivity contribution < 1.29 is 19.0 Å². The number of anilines is 1. The van der Waals surface area contributed by atoms with E-state index in [1.807, 2.05) is 36.4 Å². The van der Waals surface area contributed by atoms with Gasteiger partial charge in [0.05, 0.1) is 30.1 Å². The minimum atomic E-state index is -0.436. The molecule has 0 bridgehead atoms. The second-order valence-corrected chi connectivity index (χ2v) is 5.72. The van der Waals surface area contributed by atoms with E-state index < -0.39 is 5.97 Å². The van der Waals surface area contributed by atoms with Gasteiger partial charge < -0.3 is 14.2 Å². The first-order valence-electron chi connectivity index (χ1n) is 7.64. The van der Waals surface area contributed by atoms with Crippen molar-refractivity contribution in [1.29, 1.82) is 0 Å². The van der Waals surface area contributed by atoms with Crippen LogP contribution < -0.4 is 14.9 Å². The lowest BCUT2D eigenvalue weighted by atomic mass is 10.2. The highest BCUT2D eigenvalue weighted by atomic mass is 79.9. The van der Waals surface area contributed by atoms with E-state index in [0.29, 0.717) is 22.6 Å². The van der Waals surface area contributed by atoms with E-state index in [1.54, 1.807) is 19.2 Å². The van der Waals surface area contributed by atoms with Gasteiger partial charge in [-0.05, 0) is 52.7 Å². The zero-order valence-corrected chi connectivity index (χ0v) is 15.6. The van der Waals surface area contributed by atoms with Gasteiger partial charge in [0.25, 0.3) is 0 Å². The van der Waals surface area contributed by atoms with Crippen molar-refractivity contribution in [2.24, 2.45) is 5.10 Å². The van der Waals surface area contributed by atoms with Crippen LogP contribution in [-0.4, -0.2) is 32.5 Å². The number of methoxy groups -OCH3 is 1. The predicted octanol–water partition coefficient (Wildman–Crippen LogP) is 3.85. The Morgan fingerprint density at radius 1 is 1.28 bits per heavy atom. The van der Waals surface area contributed by atoms with E-state index in [0.717, 1.165) is 11.3 Å².